The molecule has 1 saturated heterocycles. The number of amides is 1. The number of hydrogen-bond acceptors (Lipinski definition) is 3. The summed E-state index contributed by atoms with van der Waals surface area (Å²) in [6, 6.07) is 26.0. The van der Waals surface area contributed by atoms with Gasteiger partial charge in [-0.2, -0.15) is 11.8 Å². The van der Waals surface area contributed by atoms with E-state index in [0.717, 1.165) is 29.9 Å². The van der Waals surface area contributed by atoms with Crippen molar-refractivity contribution in [3.05, 3.63) is 84.4 Å². The van der Waals surface area contributed by atoms with Gasteiger partial charge in [-0.05, 0) is 47.5 Å². The Labute approximate surface area is 164 Å². The third kappa shape index (κ3) is 4.34. The molecule has 1 aliphatic rings. The average molecular weight is 375 g/mol. The number of thioether (sulfide) groups is 1. The van der Waals surface area contributed by atoms with E-state index in [1.807, 2.05) is 66.4 Å². The molecule has 0 aromatic heterocycles. The van der Waals surface area contributed by atoms with Gasteiger partial charge in [-0.25, -0.2) is 0 Å². The molecule has 0 saturated carbocycles. The van der Waals surface area contributed by atoms with E-state index in [1.165, 1.54) is 17.2 Å². The van der Waals surface area contributed by atoms with Gasteiger partial charge in [0, 0.05) is 41.5 Å². The van der Waals surface area contributed by atoms with E-state index < -0.39 is 0 Å². The number of anilines is 2. The number of carbonyl (C=O) groups is 1. The van der Waals surface area contributed by atoms with Crippen LogP contribution in [-0.2, 0) is 0 Å². The predicted octanol–water partition coefficient (Wildman–Crippen LogP) is 5.16. The van der Waals surface area contributed by atoms with E-state index in [-0.39, 0.29) is 5.91 Å². The van der Waals surface area contributed by atoms with Crippen molar-refractivity contribution in [3.8, 4) is 11.1 Å². The van der Waals surface area contributed by atoms with Crippen LogP contribution >= 0.6 is 11.8 Å². The van der Waals surface area contributed by atoms with Crippen LogP contribution in [0.4, 0.5) is 11.4 Å². The molecule has 1 amide bonds. The number of nitrogens with zero attached hydrogens (tertiary/aromatic N) is 1. The molecule has 0 bridgehead atoms. The Balaban J connectivity index is 1.41. The summed E-state index contributed by atoms with van der Waals surface area (Å²) in [6.07, 6.45) is 0. The molecule has 0 unspecified atom stereocenters. The Bertz CT molecular complexity index is 886. The Morgan fingerprint density at radius 1 is 0.778 bits per heavy atom. The molecule has 4 heteroatoms. The summed E-state index contributed by atoms with van der Waals surface area (Å²) in [5, 5.41) is 2.99. The second kappa shape index (κ2) is 8.31. The first-order valence-corrected chi connectivity index (χ1v) is 10.3. The Morgan fingerprint density at radius 2 is 1.41 bits per heavy atom. The van der Waals surface area contributed by atoms with E-state index in [0.29, 0.717) is 5.56 Å². The summed E-state index contributed by atoms with van der Waals surface area (Å²) in [6.45, 7) is 2.17. The van der Waals surface area contributed by atoms with Crippen LogP contribution in [0.2, 0.25) is 0 Å². The number of nitrogens with one attached hydrogen (secondary N) is 1. The van der Waals surface area contributed by atoms with E-state index in [9.17, 15) is 4.79 Å². The van der Waals surface area contributed by atoms with E-state index in [1.54, 1.807) is 0 Å². The van der Waals surface area contributed by atoms with E-state index in [2.05, 4.69) is 34.5 Å². The molecule has 3 nitrogen and oxygen atoms in total. The Morgan fingerprint density at radius 3 is 2.07 bits per heavy atom. The summed E-state index contributed by atoms with van der Waals surface area (Å²) in [4.78, 5) is 14.9. The van der Waals surface area contributed by atoms with Gasteiger partial charge in [0.2, 0.25) is 0 Å². The number of carbonyl (C=O) groups excluding carboxylic acids is 1. The topological polar surface area (TPSA) is 32.3 Å². The van der Waals surface area contributed by atoms with Crippen molar-refractivity contribution >= 4 is 29.0 Å². The second-order valence-electron chi connectivity index (χ2n) is 6.54. The van der Waals surface area contributed by atoms with Crippen molar-refractivity contribution < 1.29 is 4.79 Å². The van der Waals surface area contributed by atoms with Gasteiger partial charge >= 0.3 is 0 Å². The highest BCUT2D eigenvalue weighted by atomic mass is 32.2. The molecule has 0 aliphatic carbocycles. The zero-order chi connectivity index (χ0) is 18.5. The SMILES string of the molecule is O=C(Nc1ccc(N2CCSCC2)cc1)c1ccc(-c2ccccc2)cc1. The Hall–Kier alpha value is -2.72. The summed E-state index contributed by atoms with van der Waals surface area (Å²) >= 11 is 2.00. The molecule has 4 rings (SSSR count). The monoisotopic (exact) mass is 374 g/mol. The van der Waals surface area contributed by atoms with Crippen molar-refractivity contribution in [2.24, 2.45) is 0 Å². The third-order valence-electron chi connectivity index (χ3n) is 4.76. The molecule has 1 aliphatic heterocycles. The molecule has 3 aromatic carbocycles. The third-order valence-corrected chi connectivity index (χ3v) is 5.70. The van der Waals surface area contributed by atoms with Crippen LogP contribution < -0.4 is 10.2 Å². The number of rotatable bonds is 4. The molecule has 1 N–H and O–H groups in total. The lowest BCUT2D eigenvalue weighted by atomic mass is 10.0. The van der Waals surface area contributed by atoms with Crippen LogP contribution in [0, 0.1) is 0 Å². The van der Waals surface area contributed by atoms with Crippen LogP contribution in [-0.4, -0.2) is 30.5 Å². The first-order valence-electron chi connectivity index (χ1n) is 9.19. The molecule has 0 spiro atoms. The van der Waals surface area contributed by atoms with Crippen LogP contribution in [0.5, 0.6) is 0 Å². The standard InChI is InChI=1S/C23H22N2OS/c26-23(20-8-6-19(7-9-20)18-4-2-1-3-5-18)24-21-10-12-22(13-11-21)25-14-16-27-17-15-25/h1-13H,14-17H2,(H,24,26). The molecule has 1 heterocycles. The number of benzene rings is 3. The minimum absolute atomic E-state index is 0.0864. The molecule has 3 aromatic rings. The van der Waals surface area contributed by atoms with Crippen LogP contribution in [0.15, 0.2) is 78.9 Å². The van der Waals surface area contributed by atoms with Crippen molar-refractivity contribution in [2.75, 3.05) is 34.8 Å². The number of hydrogen-bond donors (Lipinski definition) is 1. The fourth-order valence-electron chi connectivity index (χ4n) is 3.23. The Kier molecular flexibility index (Phi) is 5.45. The minimum Gasteiger partial charge on any atom is -0.370 e. The molecule has 0 atom stereocenters. The maximum Gasteiger partial charge on any atom is 0.255 e. The van der Waals surface area contributed by atoms with Gasteiger partial charge in [0.1, 0.15) is 0 Å². The van der Waals surface area contributed by atoms with Crippen LogP contribution in [0.3, 0.4) is 0 Å². The maximum atomic E-state index is 12.5. The van der Waals surface area contributed by atoms with Gasteiger partial charge in [-0.1, -0.05) is 42.5 Å². The lowest BCUT2D eigenvalue weighted by molar-refractivity contribution is 0.102. The first-order chi connectivity index (χ1) is 13.3. The predicted molar refractivity (Wildman–Crippen MR) is 116 cm³/mol. The van der Waals surface area contributed by atoms with Crippen LogP contribution in [0.1, 0.15) is 10.4 Å². The summed E-state index contributed by atoms with van der Waals surface area (Å²) in [5.41, 5.74) is 4.96. The van der Waals surface area contributed by atoms with Gasteiger partial charge in [0.25, 0.3) is 5.91 Å². The summed E-state index contributed by atoms with van der Waals surface area (Å²) in [5.74, 6) is 2.27. The normalized spacial score (nSPS) is 14.0. The molecule has 1 fully saturated rings. The van der Waals surface area contributed by atoms with Crippen molar-refractivity contribution in [1.82, 2.24) is 0 Å². The molecular weight excluding hydrogens is 352 g/mol. The zero-order valence-corrected chi connectivity index (χ0v) is 15.9. The van der Waals surface area contributed by atoms with Gasteiger partial charge in [0.15, 0.2) is 0 Å². The summed E-state index contributed by atoms with van der Waals surface area (Å²) < 4.78 is 0. The van der Waals surface area contributed by atoms with E-state index in [4.69, 9.17) is 0 Å². The fourth-order valence-corrected chi connectivity index (χ4v) is 4.13. The van der Waals surface area contributed by atoms with Gasteiger partial charge in [-0.3, -0.25) is 4.79 Å². The van der Waals surface area contributed by atoms with E-state index >= 15 is 0 Å². The molecule has 136 valence electrons. The highest BCUT2D eigenvalue weighted by Gasteiger charge is 2.11. The maximum absolute atomic E-state index is 12.5. The molecular formula is C23H22N2OS. The highest BCUT2D eigenvalue weighted by Crippen LogP contribution is 2.23. The fraction of sp³-hybridized carbons (Fsp3) is 0.174. The molecule has 27 heavy (non-hydrogen) atoms. The van der Waals surface area contributed by atoms with Crippen molar-refractivity contribution in [2.45, 2.75) is 0 Å². The smallest absolute Gasteiger partial charge is 0.255 e. The molecule has 0 radical (unpaired) electrons. The van der Waals surface area contributed by atoms with Crippen molar-refractivity contribution in [3.63, 3.8) is 0 Å². The quantitative estimate of drug-likeness (QED) is 0.685. The first kappa shape index (κ1) is 17.7. The van der Waals surface area contributed by atoms with Gasteiger partial charge in [0.05, 0.1) is 0 Å². The average Bonchev–Trinajstić information content (AvgIpc) is 2.76. The largest absolute Gasteiger partial charge is 0.370 e. The minimum atomic E-state index is -0.0864. The highest BCUT2D eigenvalue weighted by molar-refractivity contribution is 7.99. The zero-order valence-electron chi connectivity index (χ0n) is 15.1. The lowest BCUT2D eigenvalue weighted by Crippen LogP contribution is -2.32. The van der Waals surface area contributed by atoms with Crippen LogP contribution in [0.25, 0.3) is 11.1 Å². The van der Waals surface area contributed by atoms with Gasteiger partial charge in [-0.15, -0.1) is 0 Å². The van der Waals surface area contributed by atoms with Crippen molar-refractivity contribution in [1.29, 1.82) is 0 Å². The second-order valence-corrected chi connectivity index (χ2v) is 7.77. The summed E-state index contributed by atoms with van der Waals surface area (Å²) in [7, 11) is 0. The lowest BCUT2D eigenvalue weighted by Gasteiger charge is -2.28. The van der Waals surface area contributed by atoms with Gasteiger partial charge < -0.3 is 10.2 Å².